The van der Waals surface area contributed by atoms with Crippen LogP contribution in [0.15, 0.2) is 36.7 Å². The summed E-state index contributed by atoms with van der Waals surface area (Å²) in [5.74, 6) is -0.317. The number of aryl methyl sites for hydroxylation is 1. The van der Waals surface area contributed by atoms with E-state index in [1.165, 1.54) is 0 Å². The summed E-state index contributed by atoms with van der Waals surface area (Å²) in [7, 11) is 0. The zero-order chi connectivity index (χ0) is 17.4. The highest BCUT2D eigenvalue weighted by atomic mass is 16.2. The van der Waals surface area contributed by atoms with Gasteiger partial charge in [0, 0.05) is 31.3 Å². The van der Waals surface area contributed by atoms with Crippen molar-refractivity contribution in [2.24, 2.45) is 0 Å². The maximum Gasteiger partial charge on any atom is 0.258 e. The van der Waals surface area contributed by atoms with Gasteiger partial charge >= 0.3 is 0 Å². The third-order valence-corrected chi connectivity index (χ3v) is 4.23. The Morgan fingerprint density at radius 3 is 3.04 bits per heavy atom. The molecule has 3 heterocycles. The van der Waals surface area contributed by atoms with Crippen LogP contribution in [-0.4, -0.2) is 38.3 Å². The summed E-state index contributed by atoms with van der Waals surface area (Å²) >= 11 is 0. The monoisotopic (exact) mass is 336 g/mol. The van der Waals surface area contributed by atoms with Crippen LogP contribution in [0.4, 0.5) is 11.4 Å². The quantitative estimate of drug-likeness (QED) is 0.771. The fraction of sp³-hybridized carbons (Fsp3) is 0.235. The molecule has 0 atom stereocenters. The van der Waals surface area contributed by atoms with Gasteiger partial charge in [0.25, 0.3) is 5.91 Å². The van der Waals surface area contributed by atoms with Crippen LogP contribution in [-0.2, 0) is 11.3 Å². The number of aromatic nitrogens is 4. The molecule has 126 valence electrons. The Kier molecular flexibility index (Phi) is 3.64. The molecule has 0 radical (unpaired) electrons. The van der Waals surface area contributed by atoms with Crippen molar-refractivity contribution in [3.05, 3.63) is 42.2 Å². The Bertz CT molecular complexity index is 980. The number of hydrogen-bond acceptors (Lipinski definition) is 5. The Morgan fingerprint density at radius 2 is 2.20 bits per heavy atom. The summed E-state index contributed by atoms with van der Waals surface area (Å²) in [6, 6.07) is 7.02. The number of hydrogen-bond donors (Lipinski definition) is 1. The number of nitrogens with one attached hydrogen (secondary N) is 1. The van der Waals surface area contributed by atoms with Gasteiger partial charge in [0.05, 0.1) is 23.1 Å². The highest BCUT2D eigenvalue weighted by molar-refractivity contribution is 6.11. The van der Waals surface area contributed by atoms with E-state index in [-0.39, 0.29) is 18.2 Å². The van der Waals surface area contributed by atoms with E-state index in [0.29, 0.717) is 35.5 Å². The largest absolute Gasteiger partial charge is 0.324 e. The molecule has 1 N–H and O–H groups in total. The molecule has 0 bridgehead atoms. The first-order valence-electron chi connectivity index (χ1n) is 8.06. The lowest BCUT2D eigenvalue weighted by Gasteiger charge is -2.21. The lowest BCUT2D eigenvalue weighted by molar-refractivity contribution is -0.115. The Hall–Kier alpha value is -3.29. The van der Waals surface area contributed by atoms with E-state index in [1.54, 1.807) is 40.2 Å². The molecule has 25 heavy (non-hydrogen) atoms. The zero-order valence-electron chi connectivity index (χ0n) is 13.6. The molecule has 3 aromatic rings. The number of amides is 2. The smallest absolute Gasteiger partial charge is 0.258 e. The van der Waals surface area contributed by atoms with Gasteiger partial charge in [0.15, 0.2) is 0 Å². The van der Waals surface area contributed by atoms with Gasteiger partial charge in [-0.2, -0.15) is 0 Å². The van der Waals surface area contributed by atoms with E-state index in [9.17, 15) is 9.59 Å². The molecule has 0 unspecified atom stereocenters. The van der Waals surface area contributed by atoms with Crippen molar-refractivity contribution in [1.82, 2.24) is 20.0 Å². The molecule has 0 aliphatic carbocycles. The Morgan fingerprint density at radius 1 is 1.32 bits per heavy atom. The molecule has 8 heteroatoms. The van der Waals surface area contributed by atoms with E-state index < -0.39 is 0 Å². The molecule has 2 amide bonds. The van der Waals surface area contributed by atoms with Gasteiger partial charge in [0.1, 0.15) is 5.52 Å². The molecular formula is C17H16N6O2. The minimum atomic E-state index is -0.196. The normalized spacial score (nSPS) is 14.1. The molecule has 4 rings (SSSR count). The van der Waals surface area contributed by atoms with Crippen LogP contribution in [0.3, 0.4) is 0 Å². The van der Waals surface area contributed by atoms with Gasteiger partial charge in [-0.15, -0.1) is 5.10 Å². The molecule has 0 fully saturated rings. The summed E-state index contributed by atoms with van der Waals surface area (Å²) in [5.41, 5.74) is 3.23. The van der Waals surface area contributed by atoms with Gasteiger partial charge in [-0.3, -0.25) is 14.6 Å². The van der Waals surface area contributed by atoms with Crippen molar-refractivity contribution in [3.8, 4) is 0 Å². The van der Waals surface area contributed by atoms with Crippen LogP contribution in [0.25, 0.3) is 11.0 Å². The number of anilines is 2. The average Bonchev–Trinajstić information content (AvgIpc) is 2.96. The third kappa shape index (κ3) is 2.61. The first-order chi connectivity index (χ1) is 12.2. The van der Waals surface area contributed by atoms with Gasteiger partial charge in [-0.05, 0) is 31.2 Å². The van der Waals surface area contributed by atoms with Crippen LogP contribution >= 0.6 is 0 Å². The van der Waals surface area contributed by atoms with E-state index in [2.05, 4.69) is 20.6 Å². The second-order valence-corrected chi connectivity index (χ2v) is 5.76. The maximum atomic E-state index is 13.0. The number of nitrogens with zero attached hydrogens (tertiary/aromatic N) is 5. The standard InChI is InChI=1S/C17H16N6O2/c1-2-23-14-4-3-11(9-13(14)20-21-23)17(25)22-8-6-16(24)19-12-5-7-18-10-15(12)22/h3-5,7,9-10H,2,6,8H2,1H3,(H,19,24). The minimum Gasteiger partial charge on any atom is -0.324 e. The molecule has 0 saturated carbocycles. The predicted molar refractivity (Wildman–Crippen MR) is 92.4 cm³/mol. The lowest BCUT2D eigenvalue weighted by atomic mass is 10.1. The average molecular weight is 336 g/mol. The Balaban J connectivity index is 1.74. The highest BCUT2D eigenvalue weighted by Crippen LogP contribution is 2.29. The lowest BCUT2D eigenvalue weighted by Crippen LogP contribution is -2.32. The second-order valence-electron chi connectivity index (χ2n) is 5.76. The molecule has 1 aliphatic heterocycles. The summed E-state index contributed by atoms with van der Waals surface area (Å²) in [6.45, 7) is 2.99. The van der Waals surface area contributed by atoms with Gasteiger partial charge in [0.2, 0.25) is 5.91 Å². The number of carbonyl (C=O) groups is 2. The number of pyridine rings is 1. The van der Waals surface area contributed by atoms with Crippen molar-refractivity contribution in [3.63, 3.8) is 0 Å². The highest BCUT2D eigenvalue weighted by Gasteiger charge is 2.25. The Labute approximate surface area is 143 Å². The van der Waals surface area contributed by atoms with Crippen molar-refractivity contribution in [2.45, 2.75) is 19.9 Å². The number of fused-ring (bicyclic) bond motifs is 2. The molecule has 1 aliphatic rings. The summed E-state index contributed by atoms with van der Waals surface area (Å²) in [5, 5.41) is 11.0. The fourth-order valence-electron chi connectivity index (χ4n) is 2.96. The maximum absolute atomic E-state index is 13.0. The third-order valence-electron chi connectivity index (χ3n) is 4.23. The van der Waals surface area contributed by atoms with Crippen LogP contribution in [0.5, 0.6) is 0 Å². The van der Waals surface area contributed by atoms with E-state index in [0.717, 1.165) is 5.52 Å². The van der Waals surface area contributed by atoms with Crippen LogP contribution in [0, 0.1) is 0 Å². The zero-order valence-corrected chi connectivity index (χ0v) is 13.6. The van der Waals surface area contributed by atoms with Gasteiger partial charge in [-0.1, -0.05) is 5.21 Å². The SMILES string of the molecule is CCn1nnc2cc(C(=O)N3CCC(=O)Nc4ccncc43)ccc21. The van der Waals surface area contributed by atoms with Gasteiger partial charge in [-0.25, -0.2) is 4.68 Å². The predicted octanol–water partition coefficient (Wildman–Crippen LogP) is 1.84. The fourth-order valence-corrected chi connectivity index (χ4v) is 2.96. The van der Waals surface area contributed by atoms with E-state index >= 15 is 0 Å². The summed E-state index contributed by atoms with van der Waals surface area (Å²) in [4.78, 5) is 30.6. The number of rotatable bonds is 2. The summed E-state index contributed by atoms with van der Waals surface area (Å²) < 4.78 is 1.78. The minimum absolute atomic E-state index is 0.121. The molecule has 1 aromatic carbocycles. The number of carbonyl (C=O) groups excluding carboxylic acids is 2. The first-order valence-corrected chi connectivity index (χ1v) is 8.06. The van der Waals surface area contributed by atoms with Crippen molar-refractivity contribution in [2.75, 3.05) is 16.8 Å². The number of benzene rings is 1. The first kappa shape index (κ1) is 15.3. The molecule has 0 spiro atoms. The molecule has 8 nitrogen and oxygen atoms in total. The topological polar surface area (TPSA) is 93.0 Å². The second kappa shape index (κ2) is 5.97. The van der Waals surface area contributed by atoms with Crippen LogP contribution < -0.4 is 10.2 Å². The van der Waals surface area contributed by atoms with E-state index in [1.807, 2.05) is 13.0 Å². The van der Waals surface area contributed by atoms with Crippen LogP contribution in [0.1, 0.15) is 23.7 Å². The molecule has 0 saturated heterocycles. The van der Waals surface area contributed by atoms with Crippen molar-refractivity contribution in [1.29, 1.82) is 0 Å². The molecule has 2 aromatic heterocycles. The van der Waals surface area contributed by atoms with Crippen molar-refractivity contribution >= 4 is 34.2 Å². The van der Waals surface area contributed by atoms with E-state index in [4.69, 9.17) is 0 Å². The molecular weight excluding hydrogens is 320 g/mol. The van der Waals surface area contributed by atoms with Crippen LogP contribution in [0.2, 0.25) is 0 Å². The summed E-state index contributed by atoms with van der Waals surface area (Å²) in [6.07, 6.45) is 3.40. The van der Waals surface area contributed by atoms with Crippen molar-refractivity contribution < 1.29 is 9.59 Å². The van der Waals surface area contributed by atoms with Gasteiger partial charge < -0.3 is 10.2 Å².